The van der Waals surface area contributed by atoms with Crippen LogP contribution in [0.1, 0.15) is 18.4 Å². The van der Waals surface area contributed by atoms with Crippen LogP contribution in [0.3, 0.4) is 0 Å². The van der Waals surface area contributed by atoms with Crippen molar-refractivity contribution in [3.8, 4) is 5.75 Å². The minimum atomic E-state index is -0.515. The molecule has 2 atom stereocenters. The molecule has 18 heavy (non-hydrogen) atoms. The lowest BCUT2D eigenvalue weighted by atomic mass is 9.93. The molecule has 0 amide bonds. The highest BCUT2D eigenvalue weighted by Crippen LogP contribution is 2.29. The first-order valence-corrected chi connectivity index (χ1v) is 5.93. The van der Waals surface area contributed by atoms with Crippen LogP contribution in [-0.2, 0) is 9.53 Å². The highest BCUT2D eigenvalue weighted by molar-refractivity contribution is 5.77. The Bertz CT molecular complexity index is 442. The van der Waals surface area contributed by atoms with Crippen LogP contribution >= 0.6 is 0 Å². The van der Waals surface area contributed by atoms with E-state index in [2.05, 4.69) is 10.2 Å². The number of nitrogens with zero attached hydrogens (tertiary/aromatic N) is 2. The summed E-state index contributed by atoms with van der Waals surface area (Å²) in [4.78, 5) is 11.8. The molecule has 0 radical (unpaired) electrons. The van der Waals surface area contributed by atoms with Crippen LogP contribution in [-0.4, -0.2) is 32.3 Å². The van der Waals surface area contributed by atoms with E-state index in [0.29, 0.717) is 13.2 Å². The Hall–Kier alpha value is -1.91. The summed E-state index contributed by atoms with van der Waals surface area (Å²) in [5, 5.41) is 7.94. The summed E-state index contributed by atoms with van der Waals surface area (Å²) >= 11 is 0. The number of hydrogen-bond donors (Lipinski definition) is 0. The van der Waals surface area contributed by atoms with Crippen molar-refractivity contribution in [3.05, 3.63) is 29.8 Å². The second-order valence-electron chi connectivity index (χ2n) is 4.02. The maximum atomic E-state index is 11.8. The number of methoxy groups -OCH3 is 1. The van der Waals surface area contributed by atoms with Crippen LogP contribution in [0.25, 0.3) is 0 Å². The van der Waals surface area contributed by atoms with E-state index in [1.165, 1.54) is 0 Å². The number of benzene rings is 1. The zero-order valence-electron chi connectivity index (χ0n) is 10.5. The van der Waals surface area contributed by atoms with Crippen molar-refractivity contribution in [2.24, 2.45) is 10.2 Å². The van der Waals surface area contributed by atoms with Gasteiger partial charge in [0.2, 0.25) is 0 Å². The van der Waals surface area contributed by atoms with Crippen LogP contribution in [0, 0.1) is 0 Å². The van der Waals surface area contributed by atoms with Gasteiger partial charge in [0.1, 0.15) is 5.75 Å². The molecule has 0 N–H and O–H groups in total. The number of ether oxygens (including phenoxy) is 2. The molecule has 1 aliphatic heterocycles. The molecule has 2 rings (SSSR count). The van der Waals surface area contributed by atoms with Gasteiger partial charge in [-0.25, -0.2) is 4.79 Å². The quantitative estimate of drug-likeness (QED) is 0.767. The van der Waals surface area contributed by atoms with Gasteiger partial charge >= 0.3 is 5.97 Å². The van der Waals surface area contributed by atoms with E-state index >= 15 is 0 Å². The third kappa shape index (κ3) is 2.50. The van der Waals surface area contributed by atoms with Crippen LogP contribution in [0.2, 0.25) is 0 Å². The molecule has 96 valence electrons. The molecule has 0 bridgehead atoms. The van der Waals surface area contributed by atoms with Crippen LogP contribution in [0.15, 0.2) is 34.5 Å². The van der Waals surface area contributed by atoms with Gasteiger partial charge in [-0.05, 0) is 24.6 Å². The number of carbonyl (C=O) groups excluding carboxylic acids is 1. The molecule has 5 heteroatoms. The second-order valence-corrected chi connectivity index (χ2v) is 4.02. The molecule has 2 unspecified atom stereocenters. The second kappa shape index (κ2) is 5.62. The van der Waals surface area contributed by atoms with Gasteiger partial charge in [0, 0.05) is 5.92 Å². The normalized spacial score (nSPS) is 21.9. The number of carbonyl (C=O) groups is 1. The van der Waals surface area contributed by atoms with E-state index in [-0.39, 0.29) is 11.9 Å². The number of hydrogen-bond acceptors (Lipinski definition) is 5. The lowest BCUT2D eigenvalue weighted by molar-refractivity contribution is -0.144. The van der Waals surface area contributed by atoms with Crippen molar-refractivity contribution < 1.29 is 14.3 Å². The van der Waals surface area contributed by atoms with Gasteiger partial charge < -0.3 is 9.47 Å². The van der Waals surface area contributed by atoms with Crippen LogP contribution < -0.4 is 4.74 Å². The van der Waals surface area contributed by atoms with E-state index in [0.717, 1.165) is 11.3 Å². The van der Waals surface area contributed by atoms with E-state index in [9.17, 15) is 4.79 Å². The first kappa shape index (κ1) is 12.5. The Labute approximate surface area is 106 Å². The van der Waals surface area contributed by atoms with Crippen LogP contribution in [0.5, 0.6) is 5.75 Å². The Kier molecular flexibility index (Phi) is 3.92. The molecule has 0 saturated carbocycles. The Morgan fingerprint density at radius 2 is 2.11 bits per heavy atom. The summed E-state index contributed by atoms with van der Waals surface area (Å²) in [5.41, 5.74) is 1.03. The van der Waals surface area contributed by atoms with Crippen molar-refractivity contribution >= 4 is 5.97 Å². The Morgan fingerprint density at radius 3 is 2.72 bits per heavy atom. The first-order chi connectivity index (χ1) is 8.76. The lowest BCUT2D eigenvalue weighted by Gasteiger charge is -2.15. The van der Waals surface area contributed by atoms with E-state index in [4.69, 9.17) is 9.47 Å². The van der Waals surface area contributed by atoms with Crippen molar-refractivity contribution in [2.45, 2.75) is 18.9 Å². The SMILES string of the molecule is CCOC(=O)C1N=NCC1c1ccc(OC)cc1. The molecular weight excluding hydrogens is 232 g/mol. The van der Waals surface area contributed by atoms with Crippen molar-refractivity contribution in [1.82, 2.24) is 0 Å². The fraction of sp³-hybridized carbons (Fsp3) is 0.462. The van der Waals surface area contributed by atoms with Crippen molar-refractivity contribution in [3.63, 3.8) is 0 Å². The smallest absolute Gasteiger partial charge is 0.333 e. The zero-order valence-corrected chi connectivity index (χ0v) is 10.5. The van der Waals surface area contributed by atoms with E-state index in [1.54, 1.807) is 14.0 Å². The average molecular weight is 248 g/mol. The summed E-state index contributed by atoms with van der Waals surface area (Å²) in [6, 6.07) is 7.10. The molecule has 0 aliphatic carbocycles. The standard InChI is InChI=1S/C13H16N2O3/c1-3-18-13(16)12-11(8-14-15-12)9-4-6-10(17-2)7-5-9/h4-7,11-12H,3,8H2,1-2H3. The van der Waals surface area contributed by atoms with Gasteiger partial charge in [-0.15, -0.1) is 0 Å². The average Bonchev–Trinajstić information content (AvgIpc) is 2.88. The zero-order chi connectivity index (χ0) is 13.0. The third-order valence-corrected chi connectivity index (χ3v) is 2.94. The molecule has 1 aromatic carbocycles. The molecule has 0 spiro atoms. The molecule has 0 saturated heterocycles. The van der Waals surface area contributed by atoms with Gasteiger partial charge in [0.15, 0.2) is 6.04 Å². The largest absolute Gasteiger partial charge is 0.497 e. The molecular formula is C13H16N2O3. The maximum absolute atomic E-state index is 11.8. The lowest BCUT2D eigenvalue weighted by Crippen LogP contribution is -2.26. The summed E-state index contributed by atoms with van der Waals surface area (Å²) < 4.78 is 10.1. The van der Waals surface area contributed by atoms with Crippen LogP contribution in [0.4, 0.5) is 0 Å². The summed E-state index contributed by atoms with van der Waals surface area (Å²) in [6.07, 6.45) is 0. The van der Waals surface area contributed by atoms with Gasteiger partial charge in [-0.3, -0.25) is 0 Å². The summed E-state index contributed by atoms with van der Waals surface area (Å²) in [7, 11) is 1.62. The fourth-order valence-electron chi connectivity index (χ4n) is 1.98. The van der Waals surface area contributed by atoms with Gasteiger partial charge in [-0.2, -0.15) is 10.2 Å². The minimum absolute atomic E-state index is 0.0324. The number of rotatable bonds is 4. The molecule has 0 fully saturated rings. The van der Waals surface area contributed by atoms with Gasteiger partial charge in [0.05, 0.1) is 20.3 Å². The Balaban J connectivity index is 2.14. The van der Waals surface area contributed by atoms with Gasteiger partial charge in [0.25, 0.3) is 0 Å². The molecule has 0 aromatic heterocycles. The maximum Gasteiger partial charge on any atom is 0.333 e. The van der Waals surface area contributed by atoms with Gasteiger partial charge in [-0.1, -0.05) is 12.1 Å². The molecule has 1 aromatic rings. The van der Waals surface area contributed by atoms with E-state index < -0.39 is 6.04 Å². The Morgan fingerprint density at radius 1 is 1.39 bits per heavy atom. The minimum Gasteiger partial charge on any atom is -0.497 e. The summed E-state index contributed by atoms with van der Waals surface area (Å²) in [5.74, 6) is 0.452. The third-order valence-electron chi connectivity index (χ3n) is 2.94. The highest BCUT2D eigenvalue weighted by Gasteiger charge is 2.34. The summed E-state index contributed by atoms with van der Waals surface area (Å²) in [6.45, 7) is 2.67. The predicted molar refractivity (Wildman–Crippen MR) is 65.9 cm³/mol. The molecule has 5 nitrogen and oxygen atoms in total. The monoisotopic (exact) mass is 248 g/mol. The fourth-order valence-corrected chi connectivity index (χ4v) is 1.98. The van der Waals surface area contributed by atoms with E-state index in [1.807, 2.05) is 24.3 Å². The van der Waals surface area contributed by atoms with Crippen molar-refractivity contribution in [1.29, 1.82) is 0 Å². The topological polar surface area (TPSA) is 60.2 Å². The first-order valence-electron chi connectivity index (χ1n) is 5.93. The predicted octanol–water partition coefficient (Wildman–Crippen LogP) is 2.18. The number of esters is 1. The molecule has 1 aliphatic rings. The number of azo groups is 1. The van der Waals surface area contributed by atoms with Crippen molar-refractivity contribution in [2.75, 3.05) is 20.3 Å². The highest BCUT2D eigenvalue weighted by atomic mass is 16.5. The molecule has 1 heterocycles.